The number of imidazole rings is 1. The van der Waals surface area contributed by atoms with Gasteiger partial charge in [0.1, 0.15) is 5.75 Å². The highest BCUT2D eigenvalue weighted by atomic mass is 32.2. The minimum absolute atomic E-state index is 0.203. The van der Waals surface area contributed by atoms with Gasteiger partial charge in [-0.25, -0.2) is 4.98 Å². The Morgan fingerprint density at radius 2 is 1.97 bits per heavy atom. The average Bonchev–Trinajstić information content (AvgIpc) is 3.56. The van der Waals surface area contributed by atoms with E-state index in [1.165, 1.54) is 6.26 Å². The molecule has 0 radical (unpaired) electrons. The van der Waals surface area contributed by atoms with Crippen molar-refractivity contribution in [2.45, 2.75) is 51.4 Å². The largest absolute Gasteiger partial charge is 0.496 e. The smallest absolute Gasteiger partial charge is 0.291 e. The molecule has 1 amide bonds. The van der Waals surface area contributed by atoms with Gasteiger partial charge in [0.2, 0.25) is 0 Å². The van der Waals surface area contributed by atoms with Crippen LogP contribution in [0.25, 0.3) is 11.0 Å². The van der Waals surface area contributed by atoms with Gasteiger partial charge in [0.05, 0.1) is 58.0 Å². The SMILES string of the molecule is CCCN(CCC)c1cc2nc(S(=O)Cc3ncc(C)c(OC)c3C)[nH]c2cc1NC(=O)c1ccco1. The van der Waals surface area contributed by atoms with E-state index in [4.69, 9.17) is 9.15 Å². The van der Waals surface area contributed by atoms with Gasteiger partial charge < -0.3 is 24.4 Å². The number of aromatic amines is 1. The third kappa shape index (κ3) is 5.69. The number of ether oxygens (including phenoxy) is 1. The lowest BCUT2D eigenvalue weighted by atomic mass is 10.1. The van der Waals surface area contributed by atoms with Gasteiger partial charge in [0.25, 0.3) is 5.91 Å². The highest BCUT2D eigenvalue weighted by Crippen LogP contribution is 2.32. The van der Waals surface area contributed by atoms with Gasteiger partial charge in [0, 0.05) is 30.4 Å². The molecule has 0 fully saturated rings. The Kier molecular flexibility index (Phi) is 8.27. The summed E-state index contributed by atoms with van der Waals surface area (Å²) in [5.41, 5.74) is 5.35. The summed E-state index contributed by atoms with van der Waals surface area (Å²) in [6.07, 6.45) is 5.10. The topological polar surface area (TPSA) is 113 Å². The number of aromatic nitrogens is 3. The molecule has 2 N–H and O–H groups in total. The first-order valence-electron chi connectivity index (χ1n) is 12.4. The van der Waals surface area contributed by atoms with Crippen molar-refractivity contribution in [3.05, 3.63) is 59.3 Å². The molecule has 0 bridgehead atoms. The van der Waals surface area contributed by atoms with Crippen LogP contribution in [0.15, 0.2) is 46.3 Å². The maximum atomic E-state index is 13.3. The Morgan fingerprint density at radius 1 is 1.22 bits per heavy atom. The van der Waals surface area contributed by atoms with E-state index in [0.29, 0.717) is 27.6 Å². The number of hydrogen-bond donors (Lipinski definition) is 2. The molecule has 37 heavy (non-hydrogen) atoms. The van der Waals surface area contributed by atoms with Gasteiger partial charge in [0.15, 0.2) is 10.9 Å². The van der Waals surface area contributed by atoms with Gasteiger partial charge in [-0.3, -0.25) is 14.0 Å². The molecule has 4 rings (SSSR count). The van der Waals surface area contributed by atoms with Crippen LogP contribution in [0, 0.1) is 13.8 Å². The maximum absolute atomic E-state index is 13.3. The molecular formula is C27H33N5O4S. The number of benzene rings is 1. The van der Waals surface area contributed by atoms with Crippen LogP contribution in [0.3, 0.4) is 0 Å². The molecule has 4 aromatic rings. The summed E-state index contributed by atoms with van der Waals surface area (Å²) in [7, 11) is 0.160. The number of hydrogen-bond acceptors (Lipinski definition) is 7. The maximum Gasteiger partial charge on any atom is 0.291 e. The van der Waals surface area contributed by atoms with E-state index in [2.05, 4.69) is 39.0 Å². The predicted molar refractivity (Wildman–Crippen MR) is 146 cm³/mol. The summed E-state index contributed by atoms with van der Waals surface area (Å²) in [5, 5.41) is 3.34. The number of aryl methyl sites for hydroxylation is 1. The van der Waals surface area contributed by atoms with Crippen LogP contribution in [0.4, 0.5) is 11.4 Å². The second-order valence-corrected chi connectivity index (χ2v) is 10.2. The van der Waals surface area contributed by atoms with Crippen molar-refractivity contribution in [1.82, 2.24) is 15.0 Å². The number of fused-ring (bicyclic) bond motifs is 1. The lowest BCUT2D eigenvalue weighted by Gasteiger charge is -2.26. The van der Waals surface area contributed by atoms with Crippen LogP contribution >= 0.6 is 0 Å². The van der Waals surface area contributed by atoms with Crippen molar-refractivity contribution in [2.24, 2.45) is 0 Å². The van der Waals surface area contributed by atoms with Crippen LogP contribution in [0.2, 0.25) is 0 Å². The minimum Gasteiger partial charge on any atom is -0.496 e. The van der Waals surface area contributed by atoms with Crippen LogP contribution < -0.4 is 15.0 Å². The average molecular weight is 524 g/mol. The Labute approximate surface area is 219 Å². The summed E-state index contributed by atoms with van der Waals surface area (Å²) in [4.78, 5) is 27.4. The zero-order valence-electron chi connectivity index (χ0n) is 21.9. The second-order valence-electron chi connectivity index (χ2n) is 8.88. The summed E-state index contributed by atoms with van der Waals surface area (Å²) >= 11 is 0. The van der Waals surface area contributed by atoms with Crippen molar-refractivity contribution in [2.75, 3.05) is 30.4 Å². The fraction of sp³-hybridized carbons (Fsp3) is 0.370. The molecule has 196 valence electrons. The number of rotatable bonds is 11. The van der Waals surface area contributed by atoms with E-state index < -0.39 is 10.8 Å². The molecule has 9 nitrogen and oxygen atoms in total. The molecule has 1 aromatic carbocycles. The molecule has 1 atom stereocenters. The summed E-state index contributed by atoms with van der Waals surface area (Å²) in [6.45, 7) is 9.74. The Morgan fingerprint density at radius 3 is 2.62 bits per heavy atom. The molecule has 3 heterocycles. The highest BCUT2D eigenvalue weighted by Gasteiger charge is 2.20. The molecule has 0 spiro atoms. The first-order chi connectivity index (χ1) is 17.9. The monoisotopic (exact) mass is 523 g/mol. The minimum atomic E-state index is -1.46. The Hall–Kier alpha value is -3.66. The van der Waals surface area contributed by atoms with Crippen molar-refractivity contribution >= 4 is 39.1 Å². The first-order valence-corrected chi connectivity index (χ1v) is 13.7. The summed E-state index contributed by atoms with van der Waals surface area (Å²) in [5.74, 6) is 0.845. The van der Waals surface area contributed by atoms with Gasteiger partial charge >= 0.3 is 0 Å². The standard InChI is InChI=1S/C27H33N5O4S/c1-6-10-32(11-7-2)23-14-20-19(13-21(23)29-26(33)24-9-8-12-36-24)30-27(31-20)37(34)16-22-18(4)25(35-5)17(3)15-28-22/h8-9,12-15H,6-7,10-11,16H2,1-5H3,(H,29,33)(H,30,31). The van der Waals surface area contributed by atoms with Crippen molar-refractivity contribution in [1.29, 1.82) is 0 Å². The zero-order valence-corrected chi connectivity index (χ0v) is 22.7. The third-order valence-corrected chi connectivity index (χ3v) is 7.29. The summed E-state index contributed by atoms with van der Waals surface area (Å²) in [6, 6.07) is 7.08. The van der Waals surface area contributed by atoms with Gasteiger partial charge in [-0.2, -0.15) is 0 Å². The molecule has 0 aliphatic rings. The molecular weight excluding hydrogens is 490 g/mol. The first kappa shape index (κ1) is 26.4. The number of furan rings is 1. The quantitative estimate of drug-likeness (QED) is 0.272. The number of anilines is 2. The summed E-state index contributed by atoms with van der Waals surface area (Å²) < 4.78 is 24.1. The fourth-order valence-corrected chi connectivity index (χ4v) is 5.49. The normalized spacial score (nSPS) is 12.0. The number of nitrogens with zero attached hydrogens (tertiary/aromatic N) is 3. The Balaban J connectivity index is 1.70. The molecule has 0 aliphatic carbocycles. The van der Waals surface area contributed by atoms with Crippen LogP contribution in [0.1, 0.15) is 54.1 Å². The van der Waals surface area contributed by atoms with Crippen LogP contribution in [-0.4, -0.2) is 45.3 Å². The number of methoxy groups -OCH3 is 1. The van der Waals surface area contributed by atoms with Crippen molar-refractivity contribution < 1.29 is 18.2 Å². The van der Waals surface area contributed by atoms with Crippen LogP contribution in [0.5, 0.6) is 5.75 Å². The van der Waals surface area contributed by atoms with Gasteiger partial charge in [-0.1, -0.05) is 13.8 Å². The van der Waals surface area contributed by atoms with E-state index in [1.807, 2.05) is 26.0 Å². The number of carbonyl (C=O) groups excluding carboxylic acids is 1. The van der Waals surface area contributed by atoms with Crippen molar-refractivity contribution in [3.63, 3.8) is 0 Å². The molecule has 10 heteroatoms. The van der Waals surface area contributed by atoms with Gasteiger partial charge in [-0.15, -0.1) is 0 Å². The third-order valence-electron chi connectivity index (χ3n) is 6.13. The number of amides is 1. The number of carbonyl (C=O) groups is 1. The van der Waals surface area contributed by atoms with Crippen LogP contribution in [-0.2, 0) is 16.6 Å². The molecule has 0 saturated carbocycles. The number of pyridine rings is 1. The number of nitrogens with one attached hydrogen (secondary N) is 2. The molecule has 0 saturated heterocycles. The lowest BCUT2D eigenvalue weighted by molar-refractivity contribution is 0.0996. The van der Waals surface area contributed by atoms with E-state index in [-0.39, 0.29) is 17.4 Å². The Bertz CT molecular complexity index is 1410. The molecule has 1 unspecified atom stereocenters. The van der Waals surface area contributed by atoms with E-state index in [1.54, 1.807) is 25.4 Å². The highest BCUT2D eigenvalue weighted by molar-refractivity contribution is 7.84. The molecule has 3 aromatic heterocycles. The number of H-pyrrole nitrogens is 1. The predicted octanol–water partition coefficient (Wildman–Crippen LogP) is 5.36. The lowest BCUT2D eigenvalue weighted by Crippen LogP contribution is -2.26. The van der Waals surface area contributed by atoms with Gasteiger partial charge in [-0.05, 0) is 51.0 Å². The van der Waals surface area contributed by atoms with E-state index in [0.717, 1.165) is 48.5 Å². The van der Waals surface area contributed by atoms with Crippen molar-refractivity contribution in [3.8, 4) is 5.75 Å². The second kappa shape index (κ2) is 11.6. The zero-order chi connectivity index (χ0) is 26.5. The van der Waals surface area contributed by atoms with E-state index in [9.17, 15) is 9.00 Å². The molecule has 0 aliphatic heterocycles. The fourth-order valence-electron chi connectivity index (χ4n) is 4.39. The van der Waals surface area contributed by atoms with E-state index >= 15 is 0 Å².